The second-order valence-electron chi connectivity index (χ2n) is 10.3. The van der Waals surface area contributed by atoms with E-state index >= 15 is 0 Å². The Morgan fingerprint density at radius 2 is 1.64 bits per heavy atom. The average Bonchev–Trinajstić information content (AvgIpc) is 3.25. The molecular formula is C29H28N2O4S. The Labute approximate surface area is 211 Å². The highest BCUT2D eigenvalue weighted by molar-refractivity contribution is 7.90. The zero-order valence-electron chi connectivity index (χ0n) is 20.3. The van der Waals surface area contributed by atoms with Gasteiger partial charge >= 0.3 is 0 Å². The summed E-state index contributed by atoms with van der Waals surface area (Å²) >= 11 is 0. The zero-order chi connectivity index (χ0) is 25.3. The molecule has 0 bridgehead atoms. The number of anilines is 1. The smallest absolute Gasteiger partial charge is 0.250 e. The molecule has 1 aliphatic carbocycles. The first-order chi connectivity index (χ1) is 17.2. The molecular weight excluding hydrogens is 472 g/mol. The number of hydrogen-bond acceptors (Lipinski definition) is 5. The minimum Gasteiger partial charge on any atom is -0.324 e. The standard InChI is InChI=1S/C29H28N2O4S/c1-31-18-24(20-13-15-21(16-14-20)36(2,34)35)28(17-7-9-19-8-3-4-10-22(19)26(28)32)29(31)23-11-5-6-12-25(23)30-27(29)33/h3-6,8,10-16,24H,7,9,17-18H2,1-2H3,(H,30,33). The number of nitrogens with one attached hydrogen (secondary N) is 1. The highest BCUT2D eigenvalue weighted by Crippen LogP contribution is 2.65. The predicted octanol–water partition coefficient (Wildman–Crippen LogP) is 4.17. The largest absolute Gasteiger partial charge is 0.324 e. The number of nitrogens with zero attached hydrogens (tertiary/aromatic N) is 1. The van der Waals surface area contributed by atoms with Crippen molar-refractivity contribution >= 4 is 27.2 Å². The van der Waals surface area contributed by atoms with Crippen LogP contribution >= 0.6 is 0 Å². The maximum Gasteiger partial charge on any atom is 0.250 e. The summed E-state index contributed by atoms with van der Waals surface area (Å²) in [5, 5.41) is 3.09. The van der Waals surface area contributed by atoms with Gasteiger partial charge in [0.05, 0.1) is 10.3 Å². The molecule has 1 amide bonds. The van der Waals surface area contributed by atoms with Gasteiger partial charge < -0.3 is 5.32 Å². The van der Waals surface area contributed by atoms with E-state index in [0.717, 1.165) is 35.2 Å². The van der Waals surface area contributed by atoms with E-state index in [4.69, 9.17) is 0 Å². The molecule has 3 atom stereocenters. The number of likely N-dealkylation sites (N-methyl/N-ethyl adjacent to an activating group) is 1. The normalized spacial score (nSPS) is 27.7. The Kier molecular flexibility index (Phi) is 5.05. The first kappa shape index (κ1) is 23.1. The van der Waals surface area contributed by atoms with Crippen molar-refractivity contribution in [1.82, 2.24) is 4.90 Å². The van der Waals surface area contributed by atoms with Crippen molar-refractivity contribution in [2.45, 2.75) is 35.6 Å². The lowest BCUT2D eigenvalue weighted by Crippen LogP contribution is -2.58. The average molecular weight is 501 g/mol. The van der Waals surface area contributed by atoms with Crippen LogP contribution in [-0.2, 0) is 26.6 Å². The van der Waals surface area contributed by atoms with Crippen LogP contribution in [0.25, 0.3) is 0 Å². The SMILES string of the molecule is CN1CC(c2ccc(S(C)(=O)=O)cc2)C2(CCCc3ccccc3C2=O)C12C(=O)Nc1ccccc12. The minimum absolute atomic E-state index is 0.0102. The number of Topliss-reactive ketones (excluding diaryl/α,β-unsaturated/α-hetero) is 1. The number of para-hydroxylation sites is 1. The summed E-state index contributed by atoms with van der Waals surface area (Å²) < 4.78 is 24.2. The van der Waals surface area contributed by atoms with Gasteiger partial charge in [0.1, 0.15) is 5.54 Å². The number of benzene rings is 3. The number of carbonyl (C=O) groups excluding carboxylic acids is 2. The first-order valence-corrected chi connectivity index (χ1v) is 14.2. The maximum atomic E-state index is 14.8. The monoisotopic (exact) mass is 500 g/mol. The van der Waals surface area contributed by atoms with Crippen molar-refractivity contribution in [1.29, 1.82) is 0 Å². The minimum atomic E-state index is -3.36. The van der Waals surface area contributed by atoms with Crippen LogP contribution < -0.4 is 5.32 Å². The number of fused-ring (bicyclic) bond motifs is 4. The van der Waals surface area contributed by atoms with Gasteiger partial charge in [0.15, 0.2) is 15.6 Å². The van der Waals surface area contributed by atoms with Crippen molar-refractivity contribution < 1.29 is 18.0 Å². The van der Waals surface area contributed by atoms with Crippen LogP contribution in [0.3, 0.4) is 0 Å². The third-order valence-corrected chi connectivity index (χ3v) is 9.69. The number of likely N-dealkylation sites (tertiary alicyclic amines) is 1. The molecule has 2 spiro atoms. The molecule has 3 aliphatic rings. The van der Waals surface area contributed by atoms with Gasteiger partial charge in [-0.3, -0.25) is 14.5 Å². The van der Waals surface area contributed by atoms with Crippen LogP contribution in [0.4, 0.5) is 5.69 Å². The van der Waals surface area contributed by atoms with Crippen LogP contribution in [0, 0.1) is 5.41 Å². The van der Waals surface area contributed by atoms with Crippen LogP contribution in [0.5, 0.6) is 0 Å². The highest BCUT2D eigenvalue weighted by Gasteiger charge is 2.73. The van der Waals surface area contributed by atoms with E-state index in [2.05, 4.69) is 10.2 Å². The summed E-state index contributed by atoms with van der Waals surface area (Å²) in [7, 11) is -1.43. The van der Waals surface area contributed by atoms with E-state index in [1.807, 2.05) is 67.7 Å². The second-order valence-corrected chi connectivity index (χ2v) is 12.3. The maximum absolute atomic E-state index is 14.8. The number of carbonyl (C=O) groups is 2. The predicted molar refractivity (Wildman–Crippen MR) is 138 cm³/mol. The molecule has 2 heterocycles. The van der Waals surface area contributed by atoms with Gasteiger partial charge in [-0.05, 0) is 55.6 Å². The van der Waals surface area contributed by atoms with E-state index in [1.54, 1.807) is 12.1 Å². The summed E-state index contributed by atoms with van der Waals surface area (Å²) in [5.74, 6) is -0.482. The fourth-order valence-corrected chi connectivity index (χ4v) is 7.74. The number of ketones is 1. The lowest BCUT2D eigenvalue weighted by atomic mass is 9.56. The lowest BCUT2D eigenvalue weighted by molar-refractivity contribution is -0.130. The van der Waals surface area contributed by atoms with Crippen molar-refractivity contribution in [3.63, 3.8) is 0 Å². The quantitative estimate of drug-likeness (QED) is 0.571. The van der Waals surface area contributed by atoms with Gasteiger partial charge in [-0.2, -0.15) is 0 Å². The molecule has 7 heteroatoms. The van der Waals surface area contributed by atoms with E-state index in [9.17, 15) is 18.0 Å². The third kappa shape index (κ3) is 2.90. The molecule has 1 saturated heterocycles. The number of hydrogen-bond donors (Lipinski definition) is 1. The second kappa shape index (κ2) is 7.85. The lowest BCUT2D eigenvalue weighted by Gasteiger charge is -2.45. The molecule has 3 unspecified atom stereocenters. The van der Waals surface area contributed by atoms with E-state index < -0.39 is 20.8 Å². The molecule has 0 saturated carbocycles. The molecule has 0 aromatic heterocycles. The Morgan fingerprint density at radius 3 is 2.39 bits per heavy atom. The van der Waals surface area contributed by atoms with Gasteiger partial charge in [0.2, 0.25) is 0 Å². The van der Waals surface area contributed by atoms with Crippen molar-refractivity contribution in [3.8, 4) is 0 Å². The van der Waals surface area contributed by atoms with E-state index in [-0.39, 0.29) is 22.5 Å². The zero-order valence-corrected chi connectivity index (χ0v) is 21.1. The summed E-state index contributed by atoms with van der Waals surface area (Å²) in [6, 6.07) is 22.3. The summed E-state index contributed by atoms with van der Waals surface area (Å²) in [4.78, 5) is 31.2. The first-order valence-electron chi connectivity index (χ1n) is 12.3. The molecule has 2 aliphatic heterocycles. The number of rotatable bonds is 2. The Hall–Kier alpha value is -3.29. The van der Waals surface area contributed by atoms with E-state index in [1.165, 1.54) is 6.26 Å². The van der Waals surface area contributed by atoms with Gasteiger partial charge in [-0.15, -0.1) is 0 Å². The number of amides is 1. The molecule has 3 aromatic carbocycles. The van der Waals surface area contributed by atoms with Crippen LogP contribution in [0.2, 0.25) is 0 Å². The molecule has 184 valence electrons. The van der Waals surface area contributed by atoms with Gasteiger partial charge in [-0.25, -0.2) is 8.42 Å². The molecule has 36 heavy (non-hydrogen) atoms. The van der Waals surface area contributed by atoms with Crippen molar-refractivity contribution in [2.75, 3.05) is 25.2 Å². The Bertz CT molecular complexity index is 1510. The molecule has 3 aromatic rings. The van der Waals surface area contributed by atoms with E-state index in [0.29, 0.717) is 18.5 Å². The fraction of sp³-hybridized carbons (Fsp3) is 0.310. The summed E-state index contributed by atoms with van der Waals surface area (Å²) in [5.41, 5.74) is 1.92. The molecule has 6 rings (SSSR count). The van der Waals surface area contributed by atoms with Crippen LogP contribution in [-0.4, -0.2) is 44.9 Å². The summed E-state index contributed by atoms with van der Waals surface area (Å²) in [6.45, 7) is 0.494. The fourth-order valence-electron chi connectivity index (χ4n) is 7.11. The Morgan fingerprint density at radius 1 is 0.944 bits per heavy atom. The molecule has 6 nitrogen and oxygen atoms in total. The van der Waals surface area contributed by atoms with Crippen molar-refractivity contribution in [3.05, 3.63) is 95.1 Å². The highest BCUT2D eigenvalue weighted by atomic mass is 32.2. The van der Waals surface area contributed by atoms with Crippen LogP contribution in [0.1, 0.15) is 45.8 Å². The number of aryl methyl sites for hydroxylation is 1. The van der Waals surface area contributed by atoms with Gasteiger partial charge in [0, 0.05) is 35.5 Å². The molecule has 0 radical (unpaired) electrons. The molecule has 1 N–H and O–H groups in total. The topological polar surface area (TPSA) is 83.6 Å². The summed E-state index contributed by atoms with van der Waals surface area (Å²) in [6.07, 6.45) is 3.27. The number of sulfone groups is 1. The van der Waals surface area contributed by atoms with Crippen molar-refractivity contribution in [2.24, 2.45) is 5.41 Å². The van der Waals surface area contributed by atoms with Gasteiger partial charge in [-0.1, -0.05) is 54.6 Å². The Balaban J connectivity index is 1.64. The molecule has 1 fully saturated rings. The van der Waals surface area contributed by atoms with Gasteiger partial charge in [0.25, 0.3) is 5.91 Å². The van der Waals surface area contributed by atoms with Crippen LogP contribution in [0.15, 0.2) is 77.7 Å². The third-order valence-electron chi connectivity index (χ3n) is 8.56.